The lowest BCUT2D eigenvalue weighted by atomic mass is 9.95. The van der Waals surface area contributed by atoms with E-state index in [4.69, 9.17) is 4.52 Å². The molecule has 2 aliphatic rings. The summed E-state index contributed by atoms with van der Waals surface area (Å²) < 4.78 is 7.04. The van der Waals surface area contributed by atoms with Crippen LogP contribution in [0.4, 0.5) is 0 Å². The van der Waals surface area contributed by atoms with Crippen molar-refractivity contribution in [1.29, 1.82) is 0 Å². The SMILES string of the molecule is CN1CCNCC1c1noc(-c2cnn(CC(=O)NC3CCCCC3)c2)n1. The number of nitrogens with zero attached hydrogens (tertiary/aromatic N) is 5. The van der Waals surface area contributed by atoms with Crippen LogP contribution in [0.5, 0.6) is 0 Å². The van der Waals surface area contributed by atoms with Gasteiger partial charge in [-0.3, -0.25) is 14.4 Å². The standard InChI is InChI=1S/C18H27N7O2/c1-24-8-7-19-10-15(24)17-22-18(27-23-17)13-9-20-25(11-13)12-16(26)21-14-5-3-2-4-6-14/h9,11,14-15,19H,2-8,10,12H2,1H3,(H,21,26). The molecule has 146 valence electrons. The fourth-order valence-corrected chi connectivity index (χ4v) is 3.81. The highest BCUT2D eigenvalue weighted by Gasteiger charge is 2.26. The molecule has 2 fully saturated rings. The lowest BCUT2D eigenvalue weighted by molar-refractivity contribution is -0.122. The first-order valence-corrected chi connectivity index (χ1v) is 9.76. The first-order valence-electron chi connectivity index (χ1n) is 9.76. The summed E-state index contributed by atoms with van der Waals surface area (Å²) in [6, 6.07) is 0.411. The minimum atomic E-state index is -0.00215. The molecular formula is C18H27N7O2. The average Bonchev–Trinajstić information content (AvgIpc) is 3.32. The van der Waals surface area contributed by atoms with Gasteiger partial charge in [-0.25, -0.2) is 0 Å². The molecule has 4 rings (SSSR count). The van der Waals surface area contributed by atoms with Crippen LogP contribution in [0.1, 0.15) is 44.0 Å². The Morgan fingerprint density at radius 1 is 1.37 bits per heavy atom. The Kier molecular flexibility index (Phi) is 5.49. The van der Waals surface area contributed by atoms with Crippen LogP contribution in [0, 0.1) is 0 Å². The molecule has 1 aliphatic heterocycles. The highest BCUT2D eigenvalue weighted by Crippen LogP contribution is 2.22. The monoisotopic (exact) mass is 373 g/mol. The molecule has 2 aromatic heterocycles. The van der Waals surface area contributed by atoms with E-state index < -0.39 is 0 Å². The average molecular weight is 373 g/mol. The number of hydrogen-bond acceptors (Lipinski definition) is 7. The molecule has 2 aromatic rings. The second-order valence-electron chi connectivity index (χ2n) is 7.49. The van der Waals surface area contributed by atoms with Gasteiger partial charge in [-0.1, -0.05) is 24.4 Å². The van der Waals surface area contributed by atoms with Crippen LogP contribution >= 0.6 is 0 Å². The first kappa shape index (κ1) is 18.1. The number of likely N-dealkylation sites (N-methyl/N-ethyl adjacent to an activating group) is 1. The van der Waals surface area contributed by atoms with Crippen molar-refractivity contribution in [2.24, 2.45) is 0 Å². The molecule has 1 amide bonds. The zero-order valence-electron chi connectivity index (χ0n) is 15.7. The van der Waals surface area contributed by atoms with Crippen LogP contribution in [-0.4, -0.2) is 63.5 Å². The van der Waals surface area contributed by atoms with Crippen molar-refractivity contribution in [3.05, 3.63) is 18.2 Å². The summed E-state index contributed by atoms with van der Waals surface area (Å²) in [5.41, 5.74) is 0.727. The number of hydrogen-bond donors (Lipinski definition) is 2. The molecular weight excluding hydrogens is 346 g/mol. The van der Waals surface area contributed by atoms with Crippen LogP contribution < -0.4 is 10.6 Å². The predicted octanol–water partition coefficient (Wildman–Crippen LogP) is 0.958. The van der Waals surface area contributed by atoms with Gasteiger partial charge in [-0.05, 0) is 19.9 Å². The molecule has 3 heterocycles. The van der Waals surface area contributed by atoms with Gasteiger partial charge in [0, 0.05) is 31.9 Å². The number of amides is 1. The molecule has 0 spiro atoms. The molecule has 1 saturated carbocycles. The molecule has 27 heavy (non-hydrogen) atoms. The zero-order valence-corrected chi connectivity index (χ0v) is 15.7. The molecule has 9 heteroatoms. The van der Waals surface area contributed by atoms with Crippen LogP contribution in [0.3, 0.4) is 0 Å². The van der Waals surface area contributed by atoms with Gasteiger partial charge < -0.3 is 15.2 Å². The van der Waals surface area contributed by atoms with Gasteiger partial charge in [0.1, 0.15) is 6.54 Å². The van der Waals surface area contributed by atoms with Crippen molar-refractivity contribution in [3.63, 3.8) is 0 Å². The van der Waals surface area contributed by atoms with Gasteiger partial charge in [0.2, 0.25) is 5.91 Å². The van der Waals surface area contributed by atoms with Crippen LogP contribution in [0.25, 0.3) is 11.5 Å². The molecule has 1 atom stereocenters. The maximum atomic E-state index is 12.2. The van der Waals surface area contributed by atoms with Gasteiger partial charge in [0.15, 0.2) is 5.82 Å². The molecule has 0 radical (unpaired) electrons. The largest absolute Gasteiger partial charge is 0.352 e. The predicted molar refractivity (Wildman–Crippen MR) is 98.8 cm³/mol. The number of carbonyl (C=O) groups is 1. The number of carbonyl (C=O) groups excluding carboxylic acids is 1. The fourth-order valence-electron chi connectivity index (χ4n) is 3.81. The smallest absolute Gasteiger partial charge is 0.261 e. The zero-order chi connectivity index (χ0) is 18.6. The van der Waals surface area contributed by atoms with Crippen molar-refractivity contribution in [1.82, 2.24) is 35.5 Å². The molecule has 2 N–H and O–H groups in total. The van der Waals surface area contributed by atoms with E-state index in [1.807, 2.05) is 0 Å². The molecule has 1 unspecified atom stereocenters. The highest BCUT2D eigenvalue weighted by molar-refractivity contribution is 5.76. The highest BCUT2D eigenvalue weighted by atomic mass is 16.5. The van der Waals surface area contributed by atoms with Crippen LogP contribution in [0.2, 0.25) is 0 Å². The third kappa shape index (κ3) is 4.36. The Hall–Kier alpha value is -2.26. The third-order valence-corrected chi connectivity index (χ3v) is 5.41. The Morgan fingerprint density at radius 3 is 3.04 bits per heavy atom. The summed E-state index contributed by atoms with van der Waals surface area (Å²) >= 11 is 0. The van der Waals surface area contributed by atoms with Crippen LogP contribution in [-0.2, 0) is 11.3 Å². The number of piperazine rings is 1. The van der Waals surface area contributed by atoms with E-state index in [1.165, 1.54) is 19.3 Å². The number of nitrogens with one attached hydrogen (secondary N) is 2. The van der Waals surface area contributed by atoms with Gasteiger partial charge in [0.05, 0.1) is 17.8 Å². The van der Waals surface area contributed by atoms with E-state index in [1.54, 1.807) is 17.1 Å². The van der Waals surface area contributed by atoms with Crippen LogP contribution in [0.15, 0.2) is 16.9 Å². The maximum Gasteiger partial charge on any atom is 0.261 e. The van der Waals surface area contributed by atoms with Crippen molar-refractivity contribution in [3.8, 4) is 11.5 Å². The minimum absolute atomic E-state index is 0.00215. The van der Waals surface area contributed by atoms with Crippen molar-refractivity contribution in [2.45, 2.75) is 50.7 Å². The Labute approximate surface area is 158 Å². The molecule has 1 aliphatic carbocycles. The fraction of sp³-hybridized carbons (Fsp3) is 0.667. The summed E-state index contributed by atoms with van der Waals surface area (Å²) in [6.45, 7) is 2.92. The maximum absolute atomic E-state index is 12.2. The quantitative estimate of drug-likeness (QED) is 0.805. The lowest BCUT2D eigenvalue weighted by Gasteiger charge is -2.30. The topological polar surface area (TPSA) is 101 Å². The van der Waals surface area contributed by atoms with E-state index in [2.05, 4.69) is 37.8 Å². The number of rotatable bonds is 5. The first-order chi connectivity index (χ1) is 13.2. The minimum Gasteiger partial charge on any atom is -0.352 e. The van der Waals surface area contributed by atoms with E-state index in [0.717, 1.165) is 38.0 Å². The normalized spacial score (nSPS) is 22.0. The summed E-state index contributed by atoms with van der Waals surface area (Å²) in [5, 5.41) is 14.9. The van der Waals surface area contributed by atoms with E-state index in [0.29, 0.717) is 17.8 Å². The molecule has 0 bridgehead atoms. The Balaban J connectivity index is 1.37. The van der Waals surface area contributed by atoms with Crippen molar-refractivity contribution >= 4 is 5.91 Å². The van der Waals surface area contributed by atoms with E-state index in [-0.39, 0.29) is 18.5 Å². The Bertz CT molecular complexity index is 765. The summed E-state index contributed by atoms with van der Waals surface area (Å²) in [4.78, 5) is 19.0. The lowest BCUT2D eigenvalue weighted by Crippen LogP contribution is -2.44. The van der Waals surface area contributed by atoms with Crippen molar-refractivity contribution < 1.29 is 9.32 Å². The van der Waals surface area contributed by atoms with Gasteiger partial charge in [-0.2, -0.15) is 10.1 Å². The number of aromatic nitrogens is 4. The van der Waals surface area contributed by atoms with E-state index in [9.17, 15) is 4.79 Å². The van der Waals surface area contributed by atoms with Gasteiger partial charge in [-0.15, -0.1) is 0 Å². The van der Waals surface area contributed by atoms with Crippen molar-refractivity contribution in [2.75, 3.05) is 26.7 Å². The molecule has 1 saturated heterocycles. The Morgan fingerprint density at radius 2 is 2.22 bits per heavy atom. The summed E-state index contributed by atoms with van der Waals surface area (Å²) in [6.07, 6.45) is 9.25. The summed E-state index contributed by atoms with van der Waals surface area (Å²) in [5.74, 6) is 1.10. The van der Waals surface area contributed by atoms with E-state index >= 15 is 0 Å². The van der Waals surface area contributed by atoms with Gasteiger partial charge >= 0.3 is 0 Å². The second kappa shape index (κ2) is 8.18. The summed E-state index contributed by atoms with van der Waals surface area (Å²) in [7, 11) is 2.06. The second-order valence-corrected chi connectivity index (χ2v) is 7.49. The third-order valence-electron chi connectivity index (χ3n) is 5.41. The molecule has 0 aromatic carbocycles. The molecule has 9 nitrogen and oxygen atoms in total. The van der Waals surface area contributed by atoms with Gasteiger partial charge in [0.25, 0.3) is 5.89 Å².